The van der Waals surface area contributed by atoms with Gasteiger partial charge in [-0.05, 0) is 74.6 Å². The summed E-state index contributed by atoms with van der Waals surface area (Å²) in [5.41, 5.74) is 0.873. The minimum atomic E-state index is -3.63. The number of amides is 1. The molecule has 2 aliphatic heterocycles. The highest BCUT2D eigenvalue weighted by molar-refractivity contribution is 7.89. The second-order valence-corrected chi connectivity index (χ2v) is 13.0. The first-order chi connectivity index (χ1) is 17.2. The van der Waals surface area contributed by atoms with Crippen LogP contribution in [-0.2, 0) is 20.0 Å². The molecule has 2 aliphatic rings. The molecule has 0 atom stereocenters. The normalized spacial score (nSPS) is 17.7. The first-order valence-electron chi connectivity index (χ1n) is 12.3. The van der Waals surface area contributed by atoms with Crippen LogP contribution < -0.4 is 10.1 Å². The van der Waals surface area contributed by atoms with Crippen molar-refractivity contribution in [2.45, 2.75) is 48.8 Å². The number of sulfonamides is 2. The summed E-state index contributed by atoms with van der Waals surface area (Å²) < 4.78 is 60.0. The van der Waals surface area contributed by atoms with E-state index >= 15 is 0 Å². The molecule has 0 radical (unpaired) electrons. The molecule has 1 N–H and O–H groups in total. The minimum Gasteiger partial charge on any atom is -0.492 e. The van der Waals surface area contributed by atoms with Gasteiger partial charge in [0.2, 0.25) is 20.0 Å². The Morgan fingerprint density at radius 1 is 0.833 bits per heavy atom. The fraction of sp³-hybridized carbons (Fsp3) is 0.480. The van der Waals surface area contributed by atoms with Crippen LogP contribution in [0.3, 0.4) is 0 Å². The molecular formula is C25H33N3O6S2. The first kappa shape index (κ1) is 26.6. The van der Waals surface area contributed by atoms with Gasteiger partial charge in [-0.3, -0.25) is 4.79 Å². The highest BCUT2D eigenvalue weighted by Crippen LogP contribution is 2.25. The maximum atomic E-state index is 13.0. The predicted octanol–water partition coefficient (Wildman–Crippen LogP) is 2.76. The van der Waals surface area contributed by atoms with Crippen molar-refractivity contribution in [3.05, 3.63) is 53.6 Å². The van der Waals surface area contributed by atoms with E-state index in [1.54, 1.807) is 31.2 Å². The zero-order chi connectivity index (χ0) is 25.8. The Kier molecular flexibility index (Phi) is 8.34. The van der Waals surface area contributed by atoms with E-state index in [0.717, 1.165) is 32.1 Å². The standard InChI is InChI=1S/C25H33N3O6S2/c1-20-7-8-21(19-24(20)36(32,33)28-16-5-6-17-28)25(29)26-13-18-34-22-9-11-23(12-10-22)35(30,31)27-14-3-2-4-15-27/h7-12,19H,2-6,13-18H2,1H3,(H,26,29). The Morgan fingerprint density at radius 2 is 1.42 bits per heavy atom. The number of ether oxygens (including phenoxy) is 1. The average molecular weight is 536 g/mol. The van der Waals surface area contributed by atoms with E-state index in [0.29, 0.717) is 37.5 Å². The number of piperidine rings is 1. The van der Waals surface area contributed by atoms with Crippen molar-refractivity contribution in [2.75, 3.05) is 39.3 Å². The summed E-state index contributed by atoms with van der Waals surface area (Å²) in [6, 6.07) is 11.0. The highest BCUT2D eigenvalue weighted by Gasteiger charge is 2.29. The number of nitrogens with zero attached hydrogens (tertiary/aromatic N) is 2. The molecule has 2 fully saturated rings. The van der Waals surface area contributed by atoms with E-state index in [2.05, 4.69) is 5.32 Å². The van der Waals surface area contributed by atoms with Crippen LogP contribution in [0.4, 0.5) is 0 Å². The van der Waals surface area contributed by atoms with Gasteiger partial charge in [-0.1, -0.05) is 12.5 Å². The lowest BCUT2D eigenvalue weighted by Crippen LogP contribution is -2.35. The minimum absolute atomic E-state index is 0.160. The lowest BCUT2D eigenvalue weighted by atomic mass is 10.1. The smallest absolute Gasteiger partial charge is 0.251 e. The van der Waals surface area contributed by atoms with Crippen molar-refractivity contribution >= 4 is 26.0 Å². The molecule has 0 unspecified atom stereocenters. The van der Waals surface area contributed by atoms with Crippen LogP contribution in [0.15, 0.2) is 52.3 Å². The summed E-state index contributed by atoms with van der Waals surface area (Å²) in [7, 11) is -7.12. The van der Waals surface area contributed by atoms with Crippen LogP contribution in [0.5, 0.6) is 5.75 Å². The van der Waals surface area contributed by atoms with E-state index < -0.39 is 20.0 Å². The van der Waals surface area contributed by atoms with Crippen LogP contribution in [0.25, 0.3) is 0 Å². The first-order valence-corrected chi connectivity index (χ1v) is 15.2. The monoisotopic (exact) mass is 535 g/mol. The molecule has 9 nitrogen and oxygen atoms in total. The topological polar surface area (TPSA) is 113 Å². The Labute approximate surface area is 213 Å². The Hall–Kier alpha value is -2.47. The summed E-state index contributed by atoms with van der Waals surface area (Å²) >= 11 is 0. The predicted molar refractivity (Wildman–Crippen MR) is 136 cm³/mol. The molecule has 0 spiro atoms. The second kappa shape index (κ2) is 11.3. The molecule has 2 saturated heterocycles. The molecule has 2 aromatic rings. The van der Waals surface area contributed by atoms with Gasteiger partial charge in [-0.2, -0.15) is 8.61 Å². The third-order valence-electron chi connectivity index (χ3n) is 6.57. The van der Waals surface area contributed by atoms with Crippen LogP contribution in [-0.4, -0.2) is 70.7 Å². The molecule has 196 valence electrons. The SMILES string of the molecule is Cc1ccc(C(=O)NCCOc2ccc(S(=O)(=O)N3CCCCC3)cc2)cc1S(=O)(=O)N1CCCC1. The molecule has 0 aromatic heterocycles. The van der Waals surface area contributed by atoms with Gasteiger partial charge in [0.25, 0.3) is 5.91 Å². The summed E-state index contributed by atoms with van der Waals surface area (Å²) in [4.78, 5) is 13.0. The molecular weight excluding hydrogens is 502 g/mol. The van der Waals surface area contributed by atoms with Crippen molar-refractivity contribution < 1.29 is 26.4 Å². The highest BCUT2D eigenvalue weighted by atomic mass is 32.2. The Balaban J connectivity index is 1.30. The number of nitrogens with one attached hydrogen (secondary N) is 1. The van der Waals surface area contributed by atoms with Gasteiger partial charge < -0.3 is 10.1 Å². The van der Waals surface area contributed by atoms with Gasteiger partial charge in [0.05, 0.1) is 16.3 Å². The summed E-state index contributed by atoms with van der Waals surface area (Å²) in [6.45, 7) is 4.20. The van der Waals surface area contributed by atoms with Crippen molar-refractivity contribution in [3.63, 3.8) is 0 Å². The average Bonchev–Trinajstić information content (AvgIpc) is 3.44. The molecule has 0 bridgehead atoms. The van der Waals surface area contributed by atoms with Gasteiger partial charge in [-0.15, -0.1) is 0 Å². The number of carbonyl (C=O) groups excluding carboxylic acids is 1. The van der Waals surface area contributed by atoms with Crippen LogP contribution >= 0.6 is 0 Å². The molecule has 36 heavy (non-hydrogen) atoms. The van der Waals surface area contributed by atoms with Crippen LogP contribution in [0.1, 0.15) is 48.0 Å². The Bertz CT molecular complexity index is 1280. The van der Waals surface area contributed by atoms with E-state index in [1.165, 1.54) is 26.8 Å². The lowest BCUT2D eigenvalue weighted by Gasteiger charge is -2.25. The molecule has 1 amide bonds. The molecule has 0 saturated carbocycles. The largest absolute Gasteiger partial charge is 0.492 e. The molecule has 11 heteroatoms. The summed E-state index contributed by atoms with van der Waals surface area (Å²) in [5, 5.41) is 2.74. The number of rotatable bonds is 9. The zero-order valence-corrected chi connectivity index (χ0v) is 22.1. The number of hydrogen-bond acceptors (Lipinski definition) is 6. The summed E-state index contributed by atoms with van der Waals surface area (Å²) in [5.74, 6) is 0.107. The number of benzene rings is 2. The summed E-state index contributed by atoms with van der Waals surface area (Å²) in [6.07, 6.45) is 4.50. The second-order valence-electron chi connectivity index (χ2n) is 9.13. The van der Waals surface area contributed by atoms with Gasteiger partial charge in [-0.25, -0.2) is 16.8 Å². The quantitative estimate of drug-likeness (QED) is 0.494. The van der Waals surface area contributed by atoms with Crippen LogP contribution in [0, 0.1) is 6.92 Å². The van der Waals surface area contributed by atoms with Crippen molar-refractivity contribution in [1.29, 1.82) is 0 Å². The third-order valence-corrected chi connectivity index (χ3v) is 10.5. The third kappa shape index (κ3) is 5.91. The number of hydrogen-bond donors (Lipinski definition) is 1. The fourth-order valence-electron chi connectivity index (χ4n) is 4.48. The van der Waals surface area contributed by atoms with Gasteiger partial charge in [0.1, 0.15) is 12.4 Å². The van der Waals surface area contributed by atoms with Crippen LogP contribution in [0.2, 0.25) is 0 Å². The molecule has 0 aliphatic carbocycles. The van der Waals surface area contributed by atoms with Gasteiger partial charge in [0.15, 0.2) is 0 Å². The van der Waals surface area contributed by atoms with Gasteiger partial charge >= 0.3 is 0 Å². The maximum Gasteiger partial charge on any atom is 0.251 e. The van der Waals surface area contributed by atoms with E-state index in [9.17, 15) is 21.6 Å². The zero-order valence-electron chi connectivity index (χ0n) is 20.5. The molecule has 2 aromatic carbocycles. The van der Waals surface area contributed by atoms with E-state index in [-0.39, 0.29) is 34.4 Å². The van der Waals surface area contributed by atoms with Crippen molar-refractivity contribution in [1.82, 2.24) is 13.9 Å². The molecule has 4 rings (SSSR count). The number of carbonyl (C=O) groups is 1. The Morgan fingerprint density at radius 3 is 2.06 bits per heavy atom. The lowest BCUT2D eigenvalue weighted by molar-refractivity contribution is 0.0946. The van der Waals surface area contributed by atoms with Crippen molar-refractivity contribution in [2.24, 2.45) is 0 Å². The van der Waals surface area contributed by atoms with E-state index in [4.69, 9.17) is 4.74 Å². The van der Waals surface area contributed by atoms with E-state index in [1.807, 2.05) is 0 Å². The molecule has 2 heterocycles. The van der Waals surface area contributed by atoms with Crippen molar-refractivity contribution in [3.8, 4) is 5.75 Å². The fourth-order valence-corrected chi connectivity index (χ4v) is 7.77. The maximum absolute atomic E-state index is 13.0. The van der Waals surface area contributed by atoms with Gasteiger partial charge in [0, 0.05) is 31.7 Å². The number of aryl methyl sites for hydroxylation is 1.